The maximum Gasteiger partial charge on any atom is 0.419 e. The molecule has 1 aliphatic rings. The van der Waals surface area contributed by atoms with Crippen molar-refractivity contribution in [3.63, 3.8) is 0 Å². The van der Waals surface area contributed by atoms with Gasteiger partial charge in [-0.25, -0.2) is 19.0 Å². The van der Waals surface area contributed by atoms with E-state index in [0.717, 1.165) is 21.3 Å². The van der Waals surface area contributed by atoms with Crippen LogP contribution in [0.25, 0.3) is 0 Å². The summed E-state index contributed by atoms with van der Waals surface area (Å²) in [6.45, 7) is 6.98. The number of nitrogens with two attached hydrogens (primary N) is 1. The van der Waals surface area contributed by atoms with Crippen LogP contribution in [0, 0.1) is 25.2 Å². The zero-order valence-electron chi connectivity index (χ0n) is 27.2. The zero-order valence-corrected chi connectivity index (χ0v) is 27.2. The van der Waals surface area contributed by atoms with Gasteiger partial charge in [-0.1, -0.05) is 65.7 Å². The van der Waals surface area contributed by atoms with Gasteiger partial charge in [0.2, 0.25) is 0 Å². The van der Waals surface area contributed by atoms with E-state index < -0.39 is 41.9 Å². The van der Waals surface area contributed by atoms with Crippen molar-refractivity contribution in [3.8, 4) is 6.07 Å². The highest BCUT2D eigenvalue weighted by Gasteiger charge is 2.59. The van der Waals surface area contributed by atoms with Gasteiger partial charge in [0.05, 0.1) is 30.0 Å². The fourth-order valence-corrected chi connectivity index (χ4v) is 5.58. The predicted octanol–water partition coefficient (Wildman–Crippen LogP) is 6.06. The van der Waals surface area contributed by atoms with Crippen LogP contribution in [0.1, 0.15) is 68.6 Å². The molecule has 0 amide bonds. The van der Waals surface area contributed by atoms with E-state index in [0.29, 0.717) is 11.1 Å². The molecule has 1 aromatic heterocycles. The molecule has 0 radical (unpaired) electrons. The van der Waals surface area contributed by atoms with Gasteiger partial charge in [0.15, 0.2) is 11.8 Å². The number of carbonyl (C=O) groups excluding carboxylic acids is 3. The number of aromatic nitrogens is 1. The molecule has 1 fully saturated rings. The van der Waals surface area contributed by atoms with E-state index in [1.54, 1.807) is 62.4 Å². The molecule has 1 saturated heterocycles. The van der Waals surface area contributed by atoms with Crippen molar-refractivity contribution in [3.05, 3.63) is 124 Å². The summed E-state index contributed by atoms with van der Waals surface area (Å²) < 4.78 is 31.1. The second kappa shape index (κ2) is 14.5. The van der Waals surface area contributed by atoms with Crippen LogP contribution >= 0.6 is 0 Å². The highest BCUT2D eigenvalue weighted by atomic mass is 16.6. The van der Waals surface area contributed by atoms with Crippen molar-refractivity contribution in [2.45, 2.75) is 58.2 Å². The minimum atomic E-state index is -1.47. The molecule has 248 valence electrons. The van der Waals surface area contributed by atoms with Gasteiger partial charge >= 0.3 is 18.0 Å². The summed E-state index contributed by atoms with van der Waals surface area (Å²) in [6, 6.07) is 25.1. The van der Waals surface area contributed by atoms with Crippen LogP contribution in [-0.4, -0.2) is 53.6 Å². The number of rotatable bonds is 10. The second-order valence-electron chi connectivity index (χ2n) is 11.7. The molecular weight excluding hydrogens is 614 g/mol. The molecule has 1 unspecified atom stereocenters. The maximum absolute atomic E-state index is 13.6. The number of nitrogens with zero attached hydrogens (tertiary/aromatic N) is 2. The lowest BCUT2D eigenvalue weighted by Gasteiger charge is -2.35. The molecule has 11 heteroatoms. The molecule has 11 nitrogen and oxygen atoms in total. The minimum absolute atomic E-state index is 0.0361. The number of carbonyl (C=O) groups is 3. The summed E-state index contributed by atoms with van der Waals surface area (Å²) in [5.74, 6) is -1.25. The van der Waals surface area contributed by atoms with Crippen LogP contribution in [0.4, 0.5) is 10.5 Å². The Kier molecular flexibility index (Phi) is 10.3. The SMILES string of the molecule is CCOC(=O)n1cc([C@@H]2OC(COC(=O)c3ccc(C)cc3)[C@@H](OC(=O)c3ccc(C)cc3)[C@@]2(C)OCc2ccccc2)c(N)c1C#N. The van der Waals surface area contributed by atoms with Gasteiger partial charge in [-0.05, 0) is 57.5 Å². The number of benzene rings is 3. The highest BCUT2D eigenvalue weighted by Crippen LogP contribution is 2.49. The van der Waals surface area contributed by atoms with Crippen LogP contribution in [0.15, 0.2) is 85.1 Å². The number of hydrogen-bond donors (Lipinski definition) is 1. The molecule has 0 spiro atoms. The average Bonchev–Trinajstić information content (AvgIpc) is 3.56. The molecule has 4 atom stereocenters. The molecule has 2 heterocycles. The van der Waals surface area contributed by atoms with Crippen molar-refractivity contribution in [2.75, 3.05) is 18.9 Å². The first-order chi connectivity index (χ1) is 23.0. The molecule has 5 rings (SSSR count). The highest BCUT2D eigenvalue weighted by molar-refractivity contribution is 5.90. The normalized spacial score (nSPS) is 20.1. The molecule has 0 saturated carbocycles. The van der Waals surface area contributed by atoms with Crippen molar-refractivity contribution in [2.24, 2.45) is 0 Å². The minimum Gasteiger partial charge on any atom is -0.459 e. The van der Waals surface area contributed by atoms with Gasteiger partial charge in [0, 0.05) is 11.8 Å². The summed E-state index contributed by atoms with van der Waals surface area (Å²) in [7, 11) is 0. The van der Waals surface area contributed by atoms with Gasteiger partial charge in [0.25, 0.3) is 0 Å². The Hall–Kier alpha value is -5.44. The average molecular weight is 652 g/mol. The molecule has 1 aliphatic heterocycles. The zero-order chi connectivity index (χ0) is 34.4. The molecular formula is C37H37N3O8. The third-order valence-corrected chi connectivity index (χ3v) is 8.24. The summed E-state index contributed by atoms with van der Waals surface area (Å²) >= 11 is 0. The number of nitrogen functional groups attached to an aromatic ring is 1. The Balaban J connectivity index is 1.56. The van der Waals surface area contributed by atoms with Crippen molar-refractivity contribution < 1.29 is 38.1 Å². The van der Waals surface area contributed by atoms with E-state index in [-0.39, 0.29) is 36.8 Å². The van der Waals surface area contributed by atoms with E-state index in [2.05, 4.69) is 0 Å². The molecule has 4 aromatic rings. The molecule has 3 aromatic carbocycles. The standard InChI is InChI=1S/C37H37N3O8/c1-5-44-36(43)40-20-28(31(39)29(40)19-38)32-37(4,46-21-25-9-7-6-8-10-25)33(48-35(42)27-17-13-24(3)14-18-27)30(47-32)22-45-34(41)26-15-11-23(2)12-16-26/h6-18,20,30,32-33H,5,21-22,39H2,1-4H3/t30?,32-,33+,37-/m0/s1. The number of nitriles is 1. The third kappa shape index (κ3) is 7.10. The molecule has 0 bridgehead atoms. The first-order valence-corrected chi connectivity index (χ1v) is 15.5. The van der Waals surface area contributed by atoms with E-state index in [1.165, 1.54) is 6.20 Å². The fourth-order valence-electron chi connectivity index (χ4n) is 5.58. The number of aryl methyl sites for hydroxylation is 2. The Bertz CT molecular complexity index is 1810. The van der Waals surface area contributed by atoms with Gasteiger partial charge < -0.3 is 29.4 Å². The van der Waals surface area contributed by atoms with Crippen LogP contribution in [0.3, 0.4) is 0 Å². The van der Waals surface area contributed by atoms with Crippen LogP contribution < -0.4 is 5.73 Å². The van der Waals surface area contributed by atoms with E-state index >= 15 is 0 Å². The smallest absolute Gasteiger partial charge is 0.419 e. The summed E-state index contributed by atoms with van der Waals surface area (Å²) in [5.41, 5.74) is 8.45. The van der Waals surface area contributed by atoms with E-state index in [4.69, 9.17) is 29.4 Å². The van der Waals surface area contributed by atoms with Gasteiger partial charge in [0.1, 0.15) is 30.5 Å². The second-order valence-corrected chi connectivity index (χ2v) is 11.7. The van der Waals surface area contributed by atoms with Crippen molar-refractivity contribution in [1.82, 2.24) is 4.57 Å². The van der Waals surface area contributed by atoms with Gasteiger partial charge in [-0.15, -0.1) is 0 Å². The van der Waals surface area contributed by atoms with Crippen LogP contribution in [0.5, 0.6) is 0 Å². The van der Waals surface area contributed by atoms with E-state index in [1.807, 2.05) is 50.2 Å². The van der Waals surface area contributed by atoms with Crippen LogP contribution in [0.2, 0.25) is 0 Å². The van der Waals surface area contributed by atoms with Gasteiger partial charge in [-0.3, -0.25) is 0 Å². The topological polar surface area (TPSA) is 152 Å². The maximum atomic E-state index is 13.6. The quantitative estimate of drug-likeness (QED) is 0.158. The predicted molar refractivity (Wildman–Crippen MR) is 175 cm³/mol. The van der Waals surface area contributed by atoms with Crippen molar-refractivity contribution >= 4 is 23.7 Å². The number of hydrogen-bond acceptors (Lipinski definition) is 10. The monoisotopic (exact) mass is 651 g/mol. The third-order valence-electron chi connectivity index (χ3n) is 8.24. The Morgan fingerprint density at radius 3 is 2.10 bits per heavy atom. The summed E-state index contributed by atoms with van der Waals surface area (Å²) in [6.07, 6.45) is -2.73. The molecule has 2 N–H and O–H groups in total. The lowest BCUT2D eigenvalue weighted by atomic mass is 9.88. The first-order valence-electron chi connectivity index (χ1n) is 15.5. The van der Waals surface area contributed by atoms with E-state index in [9.17, 15) is 19.6 Å². The first kappa shape index (κ1) is 33.9. The molecule has 0 aliphatic carbocycles. The Labute approximate surface area is 278 Å². The Morgan fingerprint density at radius 1 is 0.917 bits per heavy atom. The van der Waals surface area contributed by atoms with Gasteiger partial charge in [-0.2, -0.15) is 5.26 Å². The largest absolute Gasteiger partial charge is 0.459 e. The molecule has 48 heavy (non-hydrogen) atoms. The van der Waals surface area contributed by atoms with Crippen molar-refractivity contribution in [1.29, 1.82) is 5.26 Å². The number of esters is 2. The number of anilines is 1. The van der Waals surface area contributed by atoms with Crippen LogP contribution in [-0.2, 0) is 30.3 Å². The summed E-state index contributed by atoms with van der Waals surface area (Å²) in [5, 5.41) is 9.94. The fraction of sp³-hybridized carbons (Fsp3) is 0.297. The summed E-state index contributed by atoms with van der Waals surface area (Å²) in [4.78, 5) is 39.5. The number of ether oxygens (including phenoxy) is 5. The Morgan fingerprint density at radius 2 is 1.52 bits per heavy atom. The lowest BCUT2D eigenvalue weighted by Crippen LogP contribution is -2.48. The lowest BCUT2D eigenvalue weighted by molar-refractivity contribution is -0.128.